The topological polar surface area (TPSA) is 46.5 Å². The third kappa shape index (κ3) is 2.13. The van der Waals surface area contributed by atoms with Gasteiger partial charge < -0.3 is 9.29 Å². The van der Waals surface area contributed by atoms with Gasteiger partial charge in [-0.1, -0.05) is 0 Å². The van der Waals surface area contributed by atoms with E-state index in [4.69, 9.17) is 4.55 Å². The summed E-state index contributed by atoms with van der Waals surface area (Å²) >= 11 is -1.65. The van der Waals surface area contributed by atoms with Crippen LogP contribution in [0.25, 0.3) is 0 Å². The van der Waals surface area contributed by atoms with Crippen molar-refractivity contribution < 1.29 is 13.5 Å². The second kappa shape index (κ2) is 3.98. The number of hydrogen-bond acceptors (Lipinski definition) is 2. The number of rotatable bonds is 1. The van der Waals surface area contributed by atoms with Crippen LogP contribution in [0, 0.1) is 0 Å². The molecule has 44 valence electrons. The maximum atomic E-state index is 10.0. The molecule has 1 N–H and O–H groups in total. The molecule has 0 aliphatic carbocycles. The minimum atomic E-state index is -1.65. The average molecular weight is 146 g/mol. The Bertz CT molecular complexity index is 92.5. The summed E-state index contributed by atoms with van der Waals surface area (Å²) in [6, 6.07) is 0. The predicted molar refractivity (Wildman–Crippen MR) is 32.5 cm³/mol. The Kier molecular flexibility index (Phi) is 4.51. The van der Waals surface area contributed by atoms with Gasteiger partial charge in [-0.25, -0.2) is 4.21 Å². The molecule has 3 nitrogen and oxygen atoms in total. The van der Waals surface area contributed by atoms with Crippen molar-refractivity contribution in [2.45, 2.75) is 5.25 Å². The van der Waals surface area contributed by atoms with Crippen LogP contribution < -0.4 is 0 Å². The molecule has 1 atom stereocenters. The van der Waals surface area contributed by atoms with Crippen molar-refractivity contribution in [3.8, 4) is 0 Å². The fraction of sp³-hybridized carbons (Fsp3) is 1.00. The van der Waals surface area contributed by atoms with Crippen molar-refractivity contribution >= 4 is 40.6 Å². The Morgan fingerprint density at radius 3 is 2.12 bits per heavy atom. The molecule has 1 heterocycles. The van der Waals surface area contributed by atoms with Gasteiger partial charge in [0.25, 0.3) is 0 Å². The maximum absolute atomic E-state index is 10.0. The molecule has 0 spiro atoms. The first-order valence-corrected chi connectivity index (χ1v) is 3.15. The summed E-state index contributed by atoms with van der Waals surface area (Å²) < 4.78 is 22.9. The van der Waals surface area contributed by atoms with Crippen LogP contribution in [0.2, 0.25) is 0 Å². The van der Waals surface area contributed by atoms with Crippen molar-refractivity contribution in [3.63, 3.8) is 0 Å². The molecule has 1 saturated heterocycles. The number of hydrogen-bond donors (Lipinski definition) is 1. The summed E-state index contributed by atoms with van der Waals surface area (Å²) in [5.74, 6) is 0. The van der Waals surface area contributed by atoms with E-state index in [0.717, 1.165) is 0 Å². The van der Waals surface area contributed by atoms with Crippen molar-refractivity contribution in [1.29, 1.82) is 0 Å². The monoisotopic (exact) mass is 146 g/mol. The van der Waals surface area contributed by atoms with E-state index in [1.54, 1.807) is 0 Å². The first-order valence-electron chi connectivity index (χ1n) is 1.98. The Balaban J connectivity index is 0.000000490. The van der Waals surface area contributed by atoms with Gasteiger partial charge in [0.2, 0.25) is 0 Å². The first kappa shape index (κ1) is 9.07. The molecule has 0 bridgehead atoms. The minimum absolute atomic E-state index is 0. The van der Waals surface area contributed by atoms with Gasteiger partial charge in [0.15, 0.2) is 11.1 Å². The van der Waals surface area contributed by atoms with Gasteiger partial charge in [-0.2, -0.15) is 0 Å². The van der Waals surface area contributed by atoms with Crippen LogP contribution in [0.4, 0.5) is 0 Å². The van der Waals surface area contributed by atoms with Gasteiger partial charge in [-0.05, 0) is 0 Å². The van der Waals surface area contributed by atoms with E-state index in [1.165, 1.54) is 0 Å². The van der Waals surface area contributed by atoms with Gasteiger partial charge >= 0.3 is 29.6 Å². The summed E-state index contributed by atoms with van der Waals surface area (Å²) in [4.78, 5) is 0. The summed E-state index contributed by atoms with van der Waals surface area (Å²) in [6.45, 7) is 0.895. The summed E-state index contributed by atoms with van der Waals surface area (Å²) in [5, 5.41) is -0.111. The molecular formula is C3H7NaO3S. The third-order valence-electron chi connectivity index (χ3n) is 0.893. The fourth-order valence-corrected chi connectivity index (χ4v) is 0.756. The second-order valence-electron chi connectivity index (χ2n) is 1.44. The molecule has 0 aromatic carbocycles. The molecule has 8 heavy (non-hydrogen) atoms. The fourth-order valence-electron chi connectivity index (χ4n) is 0.330. The predicted octanol–water partition coefficient (Wildman–Crippen LogP) is -1.04. The van der Waals surface area contributed by atoms with Crippen LogP contribution in [-0.2, 0) is 15.8 Å². The van der Waals surface area contributed by atoms with Crippen molar-refractivity contribution in [3.05, 3.63) is 0 Å². The van der Waals surface area contributed by atoms with Gasteiger partial charge in [0, 0.05) is 0 Å². The summed E-state index contributed by atoms with van der Waals surface area (Å²) in [6.07, 6.45) is 0. The Morgan fingerprint density at radius 1 is 1.62 bits per heavy atom. The van der Waals surface area contributed by atoms with Crippen LogP contribution in [-0.4, -0.2) is 56.8 Å². The van der Waals surface area contributed by atoms with E-state index in [9.17, 15) is 4.21 Å². The normalized spacial score (nSPS) is 23.1. The van der Waals surface area contributed by atoms with Crippen LogP contribution in [0.3, 0.4) is 0 Å². The quantitative estimate of drug-likeness (QED) is 0.379. The zero-order valence-electron chi connectivity index (χ0n) is 3.66. The van der Waals surface area contributed by atoms with E-state index in [0.29, 0.717) is 13.2 Å². The van der Waals surface area contributed by atoms with Crippen LogP contribution in [0.5, 0.6) is 0 Å². The van der Waals surface area contributed by atoms with Crippen LogP contribution >= 0.6 is 0 Å². The van der Waals surface area contributed by atoms with Gasteiger partial charge in [-0.3, -0.25) is 0 Å². The molecule has 0 aromatic heterocycles. The van der Waals surface area contributed by atoms with Crippen molar-refractivity contribution in [2.24, 2.45) is 0 Å². The van der Waals surface area contributed by atoms with E-state index in [-0.39, 0.29) is 34.8 Å². The second-order valence-corrected chi connectivity index (χ2v) is 2.65. The molecule has 1 unspecified atom stereocenters. The molecule has 0 aromatic rings. The van der Waals surface area contributed by atoms with Crippen LogP contribution in [0.1, 0.15) is 0 Å². The number of ether oxygens (including phenoxy) is 1. The molecule has 1 aliphatic heterocycles. The van der Waals surface area contributed by atoms with Gasteiger partial charge in [-0.15, -0.1) is 0 Å². The van der Waals surface area contributed by atoms with Crippen LogP contribution in [0.15, 0.2) is 0 Å². The first-order chi connectivity index (χ1) is 3.30. The van der Waals surface area contributed by atoms with Gasteiger partial charge in [0.05, 0.1) is 13.2 Å². The summed E-state index contributed by atoms with van der Waals surface area (Å²) in [7, 11) is 0. The van der Waals surface area contributed by atoms with E-state index in [2.05, 4.69) is 4.74 Å². The molecule has 5 heteroatoms. The summed E-state index contributed by atoms with van der Waals surface area (Å²) in [5.41, 5.74) is 0. The third-order valence-corrected chi connectivity index (χ3v) is 1.74. The zero-order valence-corrected chi connectivity index (χ0v) is 4.48. The SMILES string of the molecule is O=S(O)C1COC1.[NaH]. The Morgan fingerprint density at radius 2 is 2.12 bits per heavy atom. The van der Waals surface area contributed by atoms with E-state index >= 15 is 0 Å². The average Bonchev–Trinajstić information content (AvgIpc) is 1.23. The Hall–Kier alpha value is 1.07. The van der Waals surface area contributed by atoms with Crippen molar-refractivity contribution in [2.75, 3.05) is 13.2 Å². The van der Waals surface area contributed by atoms with Gasteiger partial charge in [0.1, 0.15) is 5.25 Å². The Labute approximate surface area is 72.4 Å². The zero-order chi connectivity index (χ0) is 5.28. The molecule has 1 rings (SSSR count). The molecule has 1 aliphatic rings. The van der Waals surface area contributed by atoms with Crippen molar-refractivity contribution in [1.82, 2.24) is 0 Å². The molecule has 1 fully saturated rings. The molecule has 0 saturated carbocycles. The standard InChI is InChI=1S/C3H6O3S.Na.H/c4-7(5)3-1-6-2-3;;/h3H,1-2H2,(H,4,5);;. The van der Waals surface area contributed by atoms with E-state index in [1.807, 2.05) is 0 Å². The van der Waals surface area contributed by atoms with E-state index < -0.39 is 11.1 Å². The molecule has 0 amide bonds. The molecular weight excluding hydrogens is 139 g/mol. The molecule has 0 radical (unpaired) electrons.